The molecule has 0 unspecified atom stereocenters. The topological polar surface area (TPSA) is 104 Å². The van der Waals surface area contributed by atoms with Gasteiger partial charge in [0.1, 0.15) is 0 Å². The highest BCUT2D eigenvalue weighted by Gasteiger charge is 2.11. The molecule has 0 spiro atoms. The molecule has 2 aliphatic rings. The molecule has 2 fully saturated rings. The van der Waals surface area contributed by atoms with Crippen molar-refractivity contribution in [1.82, 2.24) is 0 Å². The fourth-order valence-corrected chi connectivity index (χ4v) is 3.66. The first-order valence-corrected chi connectivity index (χ1v) is 11.5. The first-order chi connectivity index (χ1) is 12.7. The molecule has 0 aromatic rings. The van der Waals surface area contributed by atoms with Gasteiger partial charge in [0.2, 0.25) is 0 Å². The quantitative estimate of drug-likeness (QED) is 0.581. The smallest absolute Gasteiger partial charge is 0.00489 e. The van der Waals surface area contributed by atoms with Crippen LogP contribution in [0.4, 0.5) is 0 Å². The van der Waals surface area contributed by atoms with Gasteiger partial charge in [-0.2, -0.15) is 0 Å². The molecule has 4 nitrogen and oxygen atoms in total. The van der Waals surface area contributed by atoms with Gasteiger partial charge in [-0.25, -0.2) is 0 Å². The molecule has 0 atom stereocenters. The van der Waals surface area contributed by atoms with E-state index in [1.165, 1.54) is 89.9 Å². The van der Waals surface area contributed by atoms with E-state index in [9.17, 15) is 0 Å². The Morgan fingerprint density at radius 2 is 0.923 bits per heavy atom. The van der Waals surface area contributed by atoms with Crippen molar-refractivity contribution in [2.24, 2.45) is 34.8 Å². The van der Waals surface area contributed by atoms with Crippen molar-refractivity contribution < 1.29 is 0 Å². The predicted molar refractivity (Wildman–Crippen MR) is 119 cm³/mol. The first kappa shape index (κ1) is 28.1. The molecule has 0 radical (unpaired) electrons. The van der Waals surface area contributed by atoms with Gasteiger partial charge in [-0.15, -0.1) is 0 Å². The zero-order valence-electron chi connectivity index (χ0n) is 18.2. The van der Waals surface area contributed by atoms with Gasteiger partial charge in [0.25, 0.3) is 0 Å². The van der Waals surface area contributed by atoms with Crippen molar-refractivity contribution in [3.63, 3.8) is 0 Å². The van der Waals surface area contributed by atoms with Crippen LogP contribution in [0.5, 0.6) is 0 Å². The minimum absolute atomic E-state index is 0.750. The molecular weight excluding hydrogens is 320 g/mol. The molecule has 26 heavy (non-hydrogen) atoms. The van der Waals surface area contributed by atoms with Crippen LogP contribution in [0.3, 0.4) is 0 Å². The van der Waals surface area contributed by atoms with E-state index in [0.717, 1.165) is 38.0 Å². The molecule has 0 heterocycles. The normalized spacial score (nSPS) is 18.7. The fourth-order valence-electron chi connectivity index (χ4n) is 3.66. The lowest BCUT2D eigenvalue weighted by molar-refractivity contribution is 0.334. The molecule has 160 valence electrons. The molecule has 0 saturated heterocycles. The summed E-state index contributed by atoms with van der Waals surface area (Å²) < 4.78 is 0. The molecule has 0 amide bonds. The van der Waals surface area contributed by atoms with E-state index in [1.54, 1.807) is 0 Å². The number of nitrogens with two attached hydrogens (primary N) is 4. The van der Waals surface area contributed by atoms with Crippen molar-refractivity contribution >= 4 is 0 Å². The number of hydrogen-bond donors (Lipinski definition) is 4. The van der Waals surface area contributed by atoms with Crippen molar-refractivity contribution in [2.45, 2.75) is 104 Å². The van der Waals surface area contributed by atoms with Crippen molar-refractivity contribution in [1.29, 1.82) is 0 Å². The lowest BCUT2D eigenvalue weighted by Crippen LogP contribution is -2.15. The lowest BCUT2D eigenvalue weighted by Gasteiger charge is -2.20. The maximum Gasteiger partial charge on any atom is -0.00489 e. The van der Waals surface area contributed by atoms with Gasteiger partial charge in [-0.1, -0.05) is 78.1 Å². The largest absolute Gasteiger partial charge is 0.331 e. The Morgan fingerprint density at radius 3 is 1.31 bits per heavy atom. The maximum absolute atomic E-state index is 5.62. The van der Waals surface area contributed by atoms with E-state index in [2.05, 4.69) is 0 Å². The summed E-state index contributed by atoms with van der Waals surface area (Å²) in [5.74, 6) is 1.87. The molecule has 0 aliphatic heterocycles. The third kappa shape index (κ3) is 21.9. The summed E-state index contributed by atoms with van der Waals surface area (Å²) in [6, 6.07) is 0. The van der Waals surface area contributed by atoms with Gasteiger partial charge in [0, 0.05) is 0 Å². The summed E-state index contributed by atoms with van der Waals surface area (Å²) in [4.78, 5) is 0. The molecular formula is C22H52N4. The van der Waals surface area contributed by atoms with E-state index < -0.39 is 0 Å². The Hall–Kier alpha value is -0.160. The highest BCUT2D eigenvalue weighted by atomic mass is 14.5. The Morgan fingerprint density at radius 1 is 0.577 bits per heavy atom. The second kappa shape index (κ2) is 24.8. The zero-order chi connectivity index (χ0) is 19.9. The summed E-state index contributed by atoms with van der Waals surface area (Å²) >= 11 is 0. The van der Waals surface area contributed by atoms with Crippen LogP contribution < -0.4 is 22.9 Å². The third-order valence-electron chi connectivity index (χ3n) is 5.10. The predicted octanol–water partition coefficient (Wildman–Crippen LogP) is 4.54. The Kier molecular flexibility index (Phi) is 26.8. The molecule has 2 saturated carbocycles. The van der Waals surface area contributed by atoms with Crippen molar-refractivity contribution in [3.05, 3.63) is 0 Å². The second-order valence-corrected chi connectivity index (χ2v) is 7.70. The van der Waals surface area contributed by atoms with E-state index in [4.69, 9.17) is 22.9 Å². The van der Waals surface area contributed by atoms with Gasteiger partial charge in [0.15, 0.2) is 0 Å². The lowest BCUT2D eigenvalue weighted by atomic mass is 9.86. The Labute approximate surface area is 165 Å². The Bertz CT molecular complexity index is 220. The van der Waals surface area contributed by atoms with Gasteiger partial charge < -0.3 is 22.9 Å². The average molecular weight is 373 g/mol. The first-order valence-electron chi connectivity index (χ1n) is 11.5. The van der Waals surface area contributed by atoms with E-state index in [1.807, 2.05) is 13.8 Å². The number of hydrogen-bond acceptors (Lipinski definition) is 4. The van der Waals surface area contributed by atoms with Gasteiger partial charge in [-0.3, -0.25) is 0 Å². The minimum Gasteiger partial charge on any atom is -0.331 e. The highest BCUT2D eigenvalue weighted by molar-refractivity contribution is 4.65. The second-order valence-electron chi connectivity index (χ2n) is 7.70. The molecule has 8 N–H and O–H groups in total. The number of rotatable bonds is 4. The molecule has 2 aliphatic carbocycles. The van der Waals surface area contributed by atoms with Crippen LogP contribution in [0.2, 0.25) is 0 Å². The molecule has 0 bridgehead atoms. The van der Waals surface area contributed by atoms with Crippen LogP contribution in [0.1, 0.15) is 104 Å². The maximum atomic E-state index is 5.62. The Balaban J connectivity index is 0. The van der Waals surface area contributed by atoms with Gasteiger partial charge in [0.05, 0.1) is 0 Å². The zero-order valence-corrected chi connectivity index (χ0v) is 18.2. The summed E-state index contributed by atoms with van der Waals surface area (Å²) in [5.41, 5.74) is 20.8. The molecule has 0 aromatic heterocycles. The molecule has 0 aromatic carbocycles. The standard InChI is InChI=1S/2C9H19N.2C2H7N/c10-8-4-7-9-5-2-1-3-6-9;10-8-9-6-4-2-1-3-5-7-9;2*1-2-3/h2*9H,1-8,10H2;2*2-3H2,1H3. The van der Waals surface area contributed by atoms with Crippen LogP contribution in [0.25, 0.3) is 0 Å². The van der Waals surface area contributed by atoms with Crippen LogP contribution in [0.15, 0.2) is 0 Å². The highest BCUT2D eigenvalue weighted by Crippen LogP contribution is 2.26. The van der Waals surface area contributed by atoms with Crippen molar-refractivity contribution in [2.75, 3.05) is 26.2 Å². The van der Waals surface area contributed by atoms with Gasteiger partial charge in [-0.05, 0) is 63.7 Å². The average Bonchev–Trinajstić information content (AvgIpc) is 2.63. The fraction of sp³-hybridized carbons (Fsp3) is 1.00. The van der Waals surface area contributed by atoms with Gasteiger partial charge >= 0.3 is 0 Å². The van der Waals surface area contributed by atoms with Crippen LogP contribution in [-0.4, -0.2) is 26.2 Å². The van der Waals surface area contributed by atoms with E-state index in [-0.39, 0.29) is 0 Å². The van der Waals surface area contributed by atoms with Crippen molar-refractivity contribution in [3.8, 4) is 0 Å². The summed E-state index contributed by atoms with van der Waals surface area (Å²) in [5, 5.41) is 0. The summed E-state index contributed by atoms with van der Waals surface area (Å²) in [6.45, 7) is 7.11. The molecule has 4 heteroatoms. The SMILES string of the molecule is CCN.CCN.NCC1CCCCCCC1.NCCCC1CCCCC1. The van der Waals surface area contributed by atoms with E-state index in [0.29, 0.717) is 0 Å². The minimum atomic E-state index is 0.750. The van der Waals surface area contributed by atoms with Crippen LogP contribution in [-0.2, 0) is 0 Å². The summed E-state index contributed by atoms with van der Waals surface area (Å²) in [6.07, 6.45) is 19.9. The third-order valence-corrected chi connectivity index (χ3v) is 5.10. The summed E-state index contributed by atoms with van der Waals surface area (Å²) in [7, 11) is 0. The monoisotopic (exact) mass is 372 g/mol. The molecule has 2 rings (SSSR count). The van der Waals surface area contributed by atoms with Crippen LogP contribution in [0, 0.1) is 11.8 Å². The van der Waals surface area contributed by atoms with Crippen LogP contribution >= 0.6 is 0 Å². The van der Waals surface area contributed by atoms with E-state index >= 15 is 0 Å².